The van der Waals surface area contributed by atoms with Crippen LogP contribution < -0.4 is 21.7 Å². The number of hydrogen-bond acceptors (Lipinski definition) is 7. The molecule has 45 heavy (non-hydrogen) atoms. The Hall–Kier alpha value is -5.17. The summed E-state index contributed by atoms with van der Waals surface area (Å²) >= 11 is 0. The molecule has 2 heterocycles. The van der Waals surface area contributed by atoms with Crippen molar-refractivity contribution >= 4 is 34.6 Å². The fraction of sp³-hybridized carbons (Fsp3) is 0.344. The highest BCUT2D eigenvalue weighted by Gasteiger charge is 2.33. The zero-order valence-electron chi connectivity index (χ0n) is 25.1. The number of nitrogens with two attached hydrogens (primary N) is 1. The molecular weight excluding hydrogens is 578 g/mol. The topological polar surface area (TPSA) is 215 Å². The summed E-state index contributed by atoms with van der Waals surface area (Å²) in [5, 5.41) is 28.3. The highest BCUT2D eigenvalue weighted by atomic mass is 16.4. The number of phenols is 1. The van der Waals surface area contributed by atoms with E-state index in [1.54, 1.807) is 25.3 Å². The van der Waals surface area contributed by atoms with Crippen LogP contribution in [0.5, 0.6) is 5.75 Å². The van der Waals surface area contributed by atoms with Gasteiger partial charge in [-0.15, -0.1) is 0 Å². The van der Waals surface area contributed by atoms with Gasteiger partial charge in [-0.05, 0) is 41.7 Å². The van der Waals surface area contributed by atoms with Crippen molar-refractivity contribution in [3.63, 3.8) is 0 Å². The Morgan fingerprint density at radius 1 is 0.889 bits per heavy atom. The Morgan fingerprint density at radius 2 is 1.60 bits per heavy atom. The maximum Gasteiger partial charge on any atom is 0.326 e. The van der Waals surface area contributed by atoms with Gasteiger partial charge < -0.3 is 41.9 Å². The van der Waals surface area contributed by atoms with Gasteiger partial charge in [0.15, 0.2) is 0 Å². The summed E-state index contributed by atoms with van der Waals surface area (Å²) in [5.74, 6) is -3.45. The molecule has 0 saturated heterocycles. The predicted molar refractivity (Wildman–Crippen MR) is 167 cm³/mol. The molecule has 0 saturated carbocycles. The molecular formula is C32H39N7O6. The van der Waals surface area contributed by atoms with Crippen LogP contribution in [0.4, 0.5) is 0 Å². The summed E-state index contributed by atoms with van der Waals surface area (Å²) in [4.78, 5) is 62.5. The summed E-state index contributed by atoms with van der Waals surface area (Å²) in [6, 6.07) is 9.19. The van der Waals surface area contributed by atoms with E-state index < -0.39 is 47.9 Å². The van der Waals surface area contributed by atoms with Gasteiger partial charge in [-0.3, -0.25) is 14.4 Å². The summed E-state index contributed by atoms with van der Waals surface area (Å²) < 4.78 is 0. The molecule has 0 fully saturated rings. The molecule has 5 atom stereocenters. The Morgan fingerprint density at radius 3 is 2.27 bits per heavy atom. The number of aromatic nitrogens is 3. The normalized spacial score (nSPS) is 14.6. The number of amides is 3. The number of carbonyl (C=O) groups excluding carboxylic acids is 3. The first-order valence-corrected chi connectivity index (χ1v) is 14.7. The Bertz CT molecular complexity index is 1600. The van der Waals surface area contributed by atoms with Crippen molar-refractivity contribution in [3.8, 4) is 5.75 Å². The zero-order valence-corrected chi connectivity index (χ0v) is 25.1. The van der Waals surface area contributed by atoms with Gasteiger partial charge in [0.05, 0.1) is 12.4 Å². The molecule has 2 aromatic heterocycles. The summed E-state index contributed by atoms with van der Waals surface area (Å²) in [6.45, 7) is 3.61. The summed E-state index contributed by atoms with van der Waals surface area (Å²) in [7, 11) is 0. The third-order valence-electron chi connectivity index (χ3n) is 7.85. The number of nitrogens with one attached hydrogen (secondary N) is 5. The number of carbonyl (C=O) groups is 4. The molecule has 0 radical (unpaired) electrons. The van der Waals surface area contributed by atoms with Crippen molar-refractivity contribution in [2.45, 2.75) is 63.7 Å². The number of phenolic OH excluding ortho intramolecular Hbond substituents is 1. The highest BCUT2D eigenvalue weighted by molar-refractivity contribution is 5.94. The van der Waals surface area contributed by atoms with E-state index in [1.807, 2.05) is 31.2 Å². The zero-order chi connectivity index (χ0) is 32.5. The van der Waals surface area contributed by atoms with Crippen LogP contribution in [0.3, 0.4) is 0 Å². The van der Waals surface area contributed by atoms with Gasteiger partial charge in [0.2, 0.25) is 17.7 Å². The minimum Gasteiger partial charge on any atom is -0.508 e. The van der Waals surface area contributed by atoms with E-state index in [0.717, 1.165) is 16.5 Å². The molecule has 4 rings (SSSR count). The van der Waals surface area contributed by atoms with E-state index in [0.29, 0.717) is 17.7 Å². The fourth-order valence-corrected chi connectivity index (χ4v) is 5.02. The van der Waals surface area contributed by atoms with Gasteiger partial charge in [-0.2, -0.15) is 0 Å². The first-order valence-electron chi connectivity index (χ1n) is 14.7. The molecule has 0 aliphatic carbocycles. The number of rotatable bonds is 15. The number of hydrogen-bond donors (Lipinski definition) is 8. The second-order valence-corrected chi connectivity index (χ2v) is 11.2. The molecule has 0 aliphatic heterocycles. The second-order valence-electron chi connectivity index (χ2n) is 11.2. The van der Waals surface area contributed by atoms with Crippen LogP contribution in [-0.4, -0.2) is 73.0 Å². The second kappa shape index (κ2) is 15.0. The molecule has 13 nitrogen and oxygen atoms in total. The van der Waals surface area contributed by atoms with Crippen LogP contribution in [0, 0.1) is 5.92 Å². The van der Waals surface area contributed by atoms with Gasteiger partial charge in [-0.1, -0.05) is 50.6 Å². The molecule has 0 aliphatic rings. The van der Waals surface area contributed by atoms with Crippen LogP contribution in [0.2, 0.25) is 0 Å². The maximum absolute atomic E-state index is 13.7. The van der Waals surface area contributed by atoms with Gasteiger partial charge in [0.25, 0.3) is 0 Å². The predicted octanol–water partition coefficient (Wildman–Crippen LogP) is 1.54. The molecule has 3 amide bonds. The fourth-order valence-electron chi connectivity index (χ4n) is 5.02. The average Bonchev–Trinajstić information content (AvgIpc) is 3.69. The number of carboxylic acids is 1. The van der Waals surface area contributed by atoms with Crippen molar-refractivity contribution in [2.24, 2.45) is 11.7 Å². The van der Waals surface area contributed by atoms with Gasteiger partial charge in [0, 0.05) is 41.8 Å². The van der Waals surface area contributed by atoms with E-state index in [9.17, 15) is 29.4 Å². The number of nitrogens with zero attached hydrogens (tertiary/aromatic N) is 1. The highest BCUT2D eigenvalue weighted by Crippen LogP contribution is 2.19. The van der Waals surface area contributed by atoms with Gasteiger partial charge >= 0.3 is 5.97 Å². The van der Waals surface area contributed by atoms with Gasteiger partial charge in [0.1, 0.15) is 23.9 Å². The lowest BCUT2D eigenvalue weighted by Crippen LogP contribution is -2.59. The maximum atomic E-state index is 13.7. The molecule has 9 N–H and O–H groups in total. The molecule has 0 bridgehead atoms. The molecule has 5 unspecified atom stereocenters. The van der Waals surface area contributed by atoms with E-state index in [2.05, 4.69) is 30.9 Å². The van der Waals surface area contributed by atoms with E-state index >= 15 is 0 Å². The number of H-pyrrole nitrogens is 2. The number of aliphatic carboxylic acids is 1. The van der Waals surface area contributed by atoms with Crippen molar-refractivity contribution in [2.75, 3.05) is 0 Å². The smallest absolute Gasteiger partial charge is 0.326 e. The van der Waals surface area contributed by atoms with Crippen molar-refractivity contribution in [1.82, 2.24) is 30.9 Å². The van der Waals surface area contributed by atoms with E-state index in [1.165, 1.54) is 24.7 Å². The monoisotopic (exact) mass is 617 g/mol. The Balaban J connectivity index is 1.47. The molecule has 4 aromatic rings. The lowest BCUT2D eigenvalue weighted by Gasteiger charge is -2.28. The average molecular weight is 618 g/mol. The number of carboxylic acid groups (broad SMARTS) is 1. The van der Waals surface area contributed by atoms with Crippen molar-refractivity contribution in [1.29, 1.82) is 0 Å². The Kier molecular flexibility index (Phi) is 10.9. The summed E-state index contributed by atoms with van der Waals surface area (Å²) in [5.41, 5.74) is 9.23. The standard InChI is InChI=1S/C32H39N7O6/c1-3-18(2)28(31(43)38-27(32(44)45)12-19-8-10-22(40)11-9-19)39-30(42)26(14-21-16-34-17-36-21)37-29(41)24(33)13-20-15-35-25-7-5-4-6-23(20)25/h4-11,15-18,24,26-28,35,40H,3,12-14,33H2,1-2H3,(H,34,36)(H,37,41)(H,38,43)(H,39,42)(H,44,45). The lowest BCUT2D eigenvalue weighted by molar-refractivity contribution is -0.142. The van der Waals surface area contributed by atoms with E-state index in [4.69, 9.17) is 5.73 Å². The van der Waals surface area contributed by atoms with Crippen molar-refractivity contribution in [3.05, 3.63) is 84.1 Å². The number of fused-ring (bicyclic) bond motifs is 1. The summed E-state index contributed by atoms with van der Waals surface area (Å²) in [6.07, 6.45) is 5.52. The lowest BCUT2D eigenvalue weighted by atomic mass is 9.96. The number of imidazole rings is 1. The van der Waals surface area contributed by atoms with Crippen LogP contribution in [0.15, 0.2) is 67.3 Å². The van der Waals surface area contributed by atoms with Crippen LogP contribution in [0.1, 0.15) is 37.1 Å². The van der Waals surface area contributed by atoms with Gasteiger partial charge in [-0.25, -0.2) is 9.78 Å². The van der Waals surface area contributed by atoms with Crippen LogP contribution >= 0.6 is 0 Å². The van der Waals surface area contributed by atoms with Crippen LogP contribution in [-0.2, 0) is 38.4 Å². The third kappa shape index (κ3) is 8.70. The number of benzene rings is 2. The minimum atomic E-state index is -1.28. The number of aromatic amines is 2. The molecule has 13 heteroatoms. The molecule has 0 spiro atoms. The molecule has 2 aromatic carbocycles. The SMILES string of the molecule is CCC(C)C(NC(=O)C(Cc1cnc[nH]1)NC(=O)C(N)Cc1c[nH]c2ccccc12)C(=O)NC(Cc1ccc(O)cc1)C(=O)O. The van der Waals surface area contributed by atoms with E-state index in [-0.39, 0.29) is 30.9 Å². The number of para-hydroxylation sites is 1. The first-order chi connectivity index (χ1) is 21.5. The largest absolute Gasteiger partial charge is 0.508 e. The quantitative estimate of drug-likeness (QED) is 0.0977. The first kappa shape index (κ1) is 32.7. The Labute approximate surface area is 260 Å². The third-order valence-corrected chi connectivity index (χ3v) is 7.85. The minimum absolute atomic E-state index is 0.0323. The van der Waals surface area contributed by atoms with Crippen LogP contribution in [0.25, 0.3) is 10.9 Å². The van der Waals surface area contributed by atoms with Crippen molar-refractivity contribution < 1.29 is 29.4 Å². The number of aromatic hydroxyl groups is 1. The molecule has 238 valence electrons.